The van der Waals surface area contributed by atoms with Crippen molar-refractivity contribution in [2.24, 2.45) is 5.92 Å². The largest absolute Gasteiger partial charge is 0.396 e. The lowest BCUT2D eigenvalue weighted by molar-refractivity contribution is 0.192. The first-order chi connectivity index (χ1) is 8.72. The average molecular weight is 272 g/mol. The number of urea groups is 1. The van der Waals surface area contributed by atoms with Crippen molar-refractivity contribution in [3.63, 3.8) is 0 Å². The molecule has 3 atom stereocenters. The molecule has 0 aromatic rings. The smallest absolute Gasteiger partial charge is 0.317 e. The number of carbonyl (C=O) groups is 1. The predicted molar refractivity (Wildman–Crippen MR) is 74.9 cm³/mol. The van der Waals surface area contributed by atoms with Crippen LogP contribution in [0.25, 0.3) is 0 Å². The summed E-state index contributed by atoms with van der Waals surface area (Å²) in [5, 5.41) is 13.0. The van der Waals surface area contributed by atoms with Crippen molar-refractivity contribution in [1.29, 1.82) is 0 Å². The molecule has 2 N–H and O–H groups in total. The van der Waals surface area contributed by atoms with Crippen molar-refractivity contribution in [1.82, 2.24) is 10.2 Å². The zero-order valence-corrected chi connectivity index (χ0v) is 11.9. The molecule has 1 heterocycles. The fourth-order valence-electron chi connectivity index (χ4n) is 2.92. The van der Waals surface area contributed by atoms with Crippen LogP contribution in [0.2, 0.25) is 0 Å². The Balaban J connectivity index is 1.77. The van der Waals surface area contributed by atoms with E-state index in [-0.39, 0.29) is 18.6 Å². The van der Waals surface area contributed by atoms with Crippen molar-refractivity contribution < 1.29 is 9.90 Å². The standard InChI is InChI=1S/C13H24N2O2S/c1-18-12-4-2-3-11(7-12)14-13(17)15-6-5-10(8-15)9-16/h10-12,16H,2-9H2,1H3,(H,14,17). The highest BCUT2D eigenvalue weighted by Crippen LogP contribution is 2.27. The van der Waals surface area contributed by atoms with Crippen LogP contribution < -0.4 is 5.32 Å². The first kappa shape index (κ1) is 14.0. The maximum absolute atomic E-state index is 12.1. The summed E-state index contributed by atoms with van der Waals surface area (Å²) in [5.41, 5.74) is 0. The van der Waals surface area contributed by atoms with Gasteiger partial charge in [-0.1, -0.05) is 6.42 Å². The fraction of sp³-hybridized carbons (Fsp3) is 0.923. The molecule has 1 saturated carbocycles. The number of aliphatic hydroxyl groups excluding tert-OH is 1. The molecule has 104 valence electrons. The molecule has 5 heteroatoms. The van der Waals surface area contributed by atoms with E-state index in [0.29, 0.717) is 17.8 Å². The van der Waals surface area contributed by atoms with Gasteiger partial charge >= 0.3 is 6.03 Å². The van der Waals surface area contributed by atoms with E-state index in [0.717, 1.165) is 25.8 Å². The zero-order valence-electron chi connectivity index (χ0n) is 11.1. The van der Waals surface area contributed by atoms with Crippen molar-refractivity contribution >= 4 is 17.8 Å². The van der Waals surface area contributed by atoms with E-state index >= 15 is 0 Å². The van der Waals surface area contributed by atoms with Gasteiger partial charge in [-0.2, -0.15) is 11.8 Å². The lowest BCUT2D eigenvalue weighted by Gasteiger charge is -2.30. The monoisotopic (exact) mass is 272 g/mol. The molecular formula is C13H24N2O2S. The summed E-state index contributed by atoms with van der Waals surface area (Å²) in [6.07, 6.45) is 7.80. The number of likely N-dealkylation sites (tertiary alicyclic amines) is 1. The molecule has 0 radical (unpaired) electrons. The molecule has 1 aliphatic heterocycles. The average Bonchev–Trinajstić information content (AvgIpc) is 2.88. The Morgan fingerprint density at radius 3 is 2.94 bits per heavy atom. The van der Waals surface area contributed by atoms with Crippen molar-refractivity contribution in [2.45, 2.75) is 43.4 Å². The van der Waals surface area contributed by atoms with E-state index in [1.807, 2.05) is 16.7 Å². The quantitative estimate of drug-likeness (QED) is 0.822. The first-order valence-electron chi connectivity index (χ1n) is 6.92. The van der Waals surface area contributed by atoms with Gasteiger partial charge in [0.1, 0.15) is 0 Å². The third-order valence-corrected chi connectivity index (χ3v) is 5.21. The maximum Gasteiger partial charge on any atom is 0.317 e. The second-order valence-electron chi connectivity index (χ2n) is 5.45. The van der Waals surface area contributed by atoms with Gasteiger partial charge in [-0.3, -0.25) is 0 Å². The molecule has 2 rings (SSSR count). The van der Waals surface area contributed by atoms with Gasteiger partial charge in [0.25, 0.3) is 0 Å². The molecule has 0 spiro atoms. The zero-order chi connectivity index (χ0) is 13.0. The predicted octanol–water partition coefficient (Wildman–Crippen LogP) is 1.68. The lowest BCUT2D eigenvalue weighted by atomic mass is 9.95. The van der Waals surface area contributed by atoms with Gasteiger partial charge in [-0.05, 0) is 31.9 Å². The normalized spacial score (nSPS) is 32.6. The lowest BCUT2D eigenvalue weighted by Crippen LogP contribution is -2.46. The molecule has 18 heavy (non-hydrogen) atoms. The van der Waals surface area contributed by atoms with Crippen molar-refractivity contribution in [3.8, 4) is 0 Å². The highest BCUT2D eigenvalue weighted by atomic mass is 32.2. The number of thioether (sulfide) groups is 1. The third-order valence-electron chi connectivity index (χ3n) is 4.12. The summed E-state index contributed by atoms with van der Waals surface area (Å²) in [4.78, 5) is 13.9. The van der Waals surface area contributed by atoms with Crippen LogP contribution in [0.3, 0.4) is 0 Å². The van der Waals surface area contributed by atoms with Crippen LogP contribution in [-0.2, 0) is 0 Å². The fourth-order valence-corrected chi connectivity index (χ4v) is 3.75. The minimum absolute atomic E-state index is 0.0673. The molecule has 2 aliphatic rings. The van der Waals surface area contributed by atoms with Crippen LogP contribution >= 0.6 is 11.8 Å². The van der Waals surface area contributed by atoms with Crippen LogP contribution in [0.5, 0.6) is 0 Å². The topological polar surface area (TPSA) is 52.6 Å². The Hall–Kier alpha value is -0.420. The summed E-state index contributed by atoms with van der Waals surface area (Å²) >= 11 is 1.91. The van der Waals surface area contributed by atoms with Gasteiger partial charge in [-0.15, -0.1) is 0 Å². The molecule has 0 bridgehead atoms. The maximum atomic E-state index is 12.1. The summed E-state index contributed by atoms with van der Waals surface area (Å²) < 4.78 is 0. The Bertz CT molecular complexity index is 288. The van der Waals surface area contributed by atoms with Crippen LogP contribution in [0.15, 0.2) is 0 Å². The minimum Gasteiger partial charge on any atom is -0.396 e. The van der Waals surface area contributed by atoms with E-state index in [1.54, 1.807) is 0 Å². The van der Waals surface area contributed by atoms with Crippen LogP contribution in [0.1, 0.15) is 32.1 Å². The number of amides is 2. The number of rotatable bonds is 3. The molecule has 2 fully saturated rings. The SMILES string of the molecule is CSC1CCCC(NC(=O)N2CCC(CO)C2)C1. The third kappa shape index (κ3) is 3.54. The van der Waals surface area contributed by atoms with Gasteiger partial charge in [-0.25, -0.2) is 4.79 Å². The summed E-state index contributed by atoms with van der Waals surface area (Å²) in [5.74, 6) is 0.279. The highest BCUT2D eigenvalue weighted by molar-refractivity contribution is 7.99. The summed E-state index contributed by atoms with van der Waals surface area (Å²) in [7, 11) is 0. The molecule has 3 unspecified atom stereocenters. The Morgan fingerprint density at radius 1 is 1.44 bits per heavy atom. The molecule has 1 aliphatic carbocycles. The van der Waals surface area contributed by atoms with E-state index in [4.69, 9.17) is 5.11 Å². The van der Waals surface area contributed by atoms with Crippen molar-refractivity contribution in [2.75, 3.05) is 26.0 Å². The Morgan fingerprint density at radius 2 is 2.28 bits per heavy atom. The molecule has 0 aromatic carbocycles. The number of nitrogens with zero attached hydrogens (tertiary/aromatic N) is 1. The van der Waals surface area contributed by atoms with E-state index < -0.39 is 0 Å². The van der Waals surface area contributed by atoms with Gasteiger partial charge in [0, 0.05) is 36.9 Å². The second kappa shape index (κ2) is 6.66. The minimum atomic E-state index is 0.0673. The highest BCUT2D eigenvalue weighted by Gasteiger charge is 2.28. The number of carbonyl (C=O) groups excluding carboxylic acids is 1. The second-order valence-corrected chi connectivity index (χ2v) is 6.59. The number of aliphatic hydroxyl groups is 1. The van der Waals surface area contributed by atoms with E-state index in [1.165, 1.54) is 12.8 Å². The molecular weight excluding hydrogens is 248 g/mol. The van der Waals surface area contributed by atoms with Gasteiger partial charge in [0.15, 0.2) is 0 Å². The molecule has 2 amide bonds. The molecule has 4 nitrogen and oxygen atoms in total. The number of hydrogen-bond acceptors (Lipinski definition) is 3. The van der Waals surface area contributed by atoms with Gasteiger partial charge in [0.2, 0.25) is 0 Å². The van der Waals surface area contributed by atoms with Gasteiger partial charge < -0.3 is 15.3 Å². The van der Waals surface area contributed by atoms with Crippen LogP contribution in [-0.4, -0.2) is 53.3 Å². The van der Waals surface area contributed by atoms with Gasteiger partial charge in [0.05, 0.1) is 0 Å². The van der Waals surface area contributed by atoms with E-state index in [9.17, 15) is 4.79 Å². The van der Waals surface area contributed by atoms with E-state index in [2.05, 4.69) is 11.6 Å². The Labute approximate surface area is 113 Å². The molecule has 0 aromatic heterocycles. The first-order valence-corrected chi connectivity index (χ1v) is 8.20. The number of hydrogen-bond donors (Lipinski definition) is 2. The number of nitrogens with one attached hydrogen (secondary N) is 1. The van der Waals surface area contributed by atoms with Crippen molar-refractivity contribution in [3.05, 3.63) is 0 Å². The summed E-state index contributed by atoms with van der Waals surface area (Å²) in [6, 6.07) is 0.412. The summed E-state index contributed by atoms with van der Waals surface area (Å²) in [6.45, 7) is 1.69. The van der Waals surface area contributed by atoms with Crippen LogP contribution in [0, 0.1) is 5.92 Å². The van der Waals surface area contributed by atoms with Crippen LogP contribution in [0.4, 0.5) is 4.79 Å². The Kier molecular flexibility index (Phi) is 5.18. The molecule has 1 saturated heterocycles.